The lowest BCUT2D eigenvalue weighted by atomic mass is 9.99. The molecule has 0 N–H and O–H groups in total. The fourth-order valence-electron chi connectivity index (χ4n) is 2.99. The number of rotatable bonds is 4. The number of nitrogens with zero attached hydrogens (tertiary/aromatic N) is 2. The van der Waals surface area contributed by atoms with Crippen LogP contribution in [0, 0.1) is 5.92 Å². The first kappa shape index (κ1) is 17.8. The molecule has 1 aromatic carbocycles. The Bertz CT molecular complexity index is 648. The van der Waals surface area contributed by atoms with Gasteiger partial charge in [-0.2, -0.15) is 0 Å². The van der Waals surface area contributed by atoms with Gasteiger partial charge in [0, 0.05) is 25.2 Å². The van der Waals surface area contributed by atoms with E-state index >= 15 is 0 Å². The number of benzene rings is 1. The van der Waals surface area contributed by atoms with Crippen LogP contribution < -0.4 is 0 Å². The van der Waals surface area contributed by atoms with Crippen LogP contribution >= 0.6 is 24.0 Å². The molecular weight excluding hydrogens is 331 g/mol. The third kappa shape index (κ3) is 4.24. The van der Waals surface area contributed by atoms with E-state index in [2.05, 4.69) is 17.1 Å². The van der Waals surface area contributed by atoms with Gasteiger partial charge in [0.05, 0.1) is 11.3 Å². The molecule has 1 aliphatic rings. The van der Waals surface area contributed by atoms with E-state index in [-0.39, 0.29) is 18.3 Å². The van der Waals surface area contributed by atoms with Crippen LogP contribution in [-0.2, 0) is 13.0 Å². The number of hydrogen-bond acceptors (Lipinski definition) is 2. The summed E-state index contributed by atoms with van der Waals surface area (Å²) in [5, 5.41) is 0. The molecule has 1 aromatic heterocycles. The summed E-state index contributed by atoms with van der Waals surface area (Å²) < 4.78 is 0. The maximum absolute atomic E-state index is 12.8. The van der Waals surface area contributed by atoms with Crippen molar-refractivity contribution in [3.63, 3.8) is 0 Å². The zero-order chi connectivity index (χ0) is 15.4. The van der Waals surface area contributed by atoms with Crippen molar-refractivity contribution in [3.8, 4) is 0 Å². The molecule has 3 rings (SSSR count). The second kappa shape index (κ2) is 8.32. The molecule has 0 fully saturated rings. The Morgan fingerprint density at radius 3 is 2.70 bits per heavy atom. The topological polar surface area (TPSA) is 33.2 Å². The minimum Gasteiger partial charge on any atom is -0.334 e. The zero-order valence-corrected chi connectivity index (χ0v) is 14.4. The van der Waals surface area contributed by atoms with E-state index in [1.165, 1.54) is 0 Å². The number of halogens is 2. The molecular formula is C18H20Cl2N2O. The molecule has 23 heavy (non-hydrogen) atoms. The average Bonchev–Trinajstić information content (AvgIpc) is 2.67. The highest BCUT2D eigenvalue weighted by molar-refractivity contribution is 6.17. The highest BCUT2D eigenvalue weighted by Gasteiger charge is 2.28. The summed E-state index contributed by atoms with van der Waals surface area (Å²) in [4.78, 5) is 19.2. The Kier molecular flexibility index (Phi) is 6.43. The molecule has 5 heteroatoms. The molecule has 3 nitrogen and oxygen atoms in total. The first-order valence-electron chi connectivity index (χ1n) is 7.61. The molecule has 0 radical (unpaired) electrons. The van der Waals surface area contributed by atoms with Crippen molar-refractivity contribution in [2.45, 2.75) is 19.4 Å². The second-order valence-electron chi connectivity index (χ2n) is 5.72. The maximum Gasteiger partial charge on any atom is 0.256 e. The van der Waals surface area contributed by atoms with Gasteiger partial charge < -0.3 is 4.90 Å². The van der Waals surface area contributed by atoms with Crippen molar-refractivity contribution in [2.24, 2.45) is 5.92 Å². The maximum atomic E-state index is 12.8. The lowest BCUT2D eigenvalue weighted by Crippen LogP contribution is -2.33. The summed E-state index contributed by atoms with van der Waals surface area (Å²) >= 11 is 5.94. The molecule has 0 saturated carbocycles. The summed E-state index contributed by atoms with van der Waals surface area (Å²) in [5.74, 6) is 1.05. The SMILES string of the molecule is Cl.O=C1c2cccnc2CC(CCCl)CN1Cc1ccccc1. The average molecular weight is 351 g/mol. The van der Waals surface area contributed by atoms with E-state index in [4.69, 9.17) is 11.6 Å². The van der Waals surface area contributed by atoms with Gasteiger partial charge in [0.25, 0.3) is 5.91 Å². The van der Waals surface area contributed by atoms with Gasteiger partial charge in [-0.3, -0.25) is 9.78 Å². The van der Waals surface area contributed by atoms with Crippen LogP contribution in [0.2, 0.25) is 0 Å². The molecule has 0 saturated heterocycles. The predicted molar refractivity (Wildman–Crippen MR) is 95.2 cm³/mol. The Hall–Kier alpha value is -1.58. The van der Waals surface area contributed by atoms with Gasteiger partial charge in [0.2, 0.25) is 0 Å². The molecule has 1 aliphatic heterocycles. The summed E-state index contributed by atoms with van der Waals surface area (Å²) in [6.45, 7) is 1.36. The number of carbonyl (C=O) groups is 1. The van der Waals surface area contributed by atoms with Crippen LogP contribution in [0.5, 0.6) is 0 Å². The Morgan fingerprint density at radius 2 is 1.96 bits per heavy atom. The van der Waals surface area contributed by atoms with Crippen molar-refractivity contribution < 1.29 is 4.79 Å². The van der Waals surface area contributed by atoms with Crippen LogP contribution in [0.3, 0.4) is 0 Å². The molecule has 0 bridgehead atoms. The molecule has 0 aliphatic carbocycles. The van der Waals surface area contributed by atoms with Crippen molar-refractivity contribution in [1.29, 1.82) is 0 Å². The molecule has 1 amide bonds. The largest absolute Gasteiger partial charge is 0.334 e. The van der Waals surface area contributed by atoms with E-state index in [1.807, 2.05) is 35.2 Å². The zero-order valence-electron chi connectivity index (χ0n) is 12.8. The highest BCUT2D eigenvalue weighted by atomic mass is 35.5. The van der Waals surface area contributed by atoms with Gasteiger partial charge in [-0.1, -0.05) is 30.3 Å². The second-order valence-corrected chi connectivity index (χ2v) is 6.09. The van der Waals surface area contributed by atoms with Crippen LogP contribution in [0.15, 0.2) is 48.7 Å². The fourth-order valence-corrected chi connectivity index (χ4v) is 3.29. The summed E-state index contributed by atoms with van der Waals surface area (Å²) in [6, 6.07) is 13.8. The van der Waals surface area contributed by atoms with E-state index < -0.39 is 0 Å². The number of alkyl halides is 1. The molecule has 2 aromatic rings. The van der Waals surface area contributed by atoms with Gasteiger partial charge in [-0.25, -0.2) is 0 Å². The van der Waals surface area contributed by atoms with Gasteiger partial charge in [-0.15, -0.1) is 24.0 Å². The van der Waals surface area contributed by atoms with Crippen molar-refractivity contribution in [2.75, 3.05) is 12.4 Å². The summed E-state index contributed by atoms with van der Waals surface area (Å²) in [7, 11) is 0. The van der Waals surface area contributed by atoms with Crippen molar-refractivity contribution in [3.05, 3.63) is 65.5 Å². The molecule has 122 valence electrons. The number of hydrogen-bond donors (Lipinski definition) is 0. The predicted octanol–water partition coefficient (Wildman–Crippen LogP) is 3.95. The van der Waals surface area contributed by atoms with Gasteiger partial charge in [0.15, 0.2) is 0 Å². The first-order valence-corrected chi connectivity index (χ1v) is 8.14. The minimum atomic E-state index is 0. The number of aromatic nitrogens is 1. The smallest absolute Gasteiger partial charge is 0.256 e. The normalized spacial score (nSPS) is 17.2. The molecule has 1 atom stereocenters. The van der Waals surface area contributed by atoms with E-state index in [1.54, 1.807) is 6.20 Å². The fraction of sp³-hybridized carbons (Fsp3) is 0.333. The van der Waals surface area contributed by atoms with E-state index in [0.29, 0.717) is 18.3 Å². The highest BCUT2D eigenvalue weighted by Crippen LogP contribution is 2.24. The van der Waals surface area contributed by atoms with Crippen molar-refractivity contribution >= 4 is 29.9 Å². The lowest BCUT2D eigenvalue weighted by molar-refractivity contribution is 0.0725. The third-order valence-electron chi connectivity index (χ3n) is 4.10. The lowest BCUT2D eigenvalue weighted by Gasteiger charge is -2.24. The number of carbonyl (C=O) groups excluding carboxylic acids is 1. The van der Waals surface area contributed by atoms with Gasteiger partial charge in [0.1, 0.15) is 0 Å². The van der Waals surface area contributed by atoms with Crippen LogP contribution in [0.1, 0.15) is 28.0 Å². The molecule has 0 spiro atoms. The summed E-state index contributed by atoms with van der Waals surface area (Å²) in [6.07, 6.45) is 3.48. The minimum absolute atomic E-state index is 0. The Morgan fingerprint density at radius 1 is 1.17 bits per heavy atom. The number of pyridine rings is 1. The van der Waals surface area contributed by atoms with Crippen LogP contribution in [-0.4, -0.2) is 28.2 Å². The van der Waals surface area contributed by atoms with Crippen LogP contribution in [0.4, 0.5) is 0 Å². The Balaban J connectivity index is 0.00000192. The van der Waals surface area contributed by atoms with Gasteiger partial charge in [-0.05, 0) is 36.5 Å². The standard InChI is InChI=1S/C18H19ClN2O.ClH/c19-9-8-15-11-17-16(7-4-10-20-17)18(22)21(13-15)12-14-5-2-1-3-6-14;/h1-7,10,15H,8-9,11-13H2;1H. The van der Waals surface area contributed by atoms with E-state index in [0.717, 1.165) is 36.2 Å². The monoisotopic (exact) mass is 350 g/mol. The Labute approximate surface area is 148 Å². The van der Waals surface area contributed by atoms with E-state index in [9.17, 15) is 4.79 Å². The first-order chi connectivity index (χ1) is 10.8. The number of amides is 1. The quantitative estimate of drug-likeness (QED) is 0.782. The van der Waals surface area contributed by atoms with Gasteiger partial charge >= 0.3 is 0 Å². The number of fused-ring (bicyclic) bond motifs is 1. The molecule has 1 unspecified atom stereocenters. The molecule has 2 heterocycles. The van der Waals surface area contributed by atoms with Crippen molar-refractivity contribution in [1.82, 2.24) is 9.88 Å². The third-order valence-corrected chi connectivity index (χ3v) is 4.32. The van der Waals surface area contributed by atoms with Crippen LogP contribution in [0.25, 0.3) is 0 Å². The summed E-state index contributed by atoms with van der Waals surface area (Å²) in [5.41, 5.74) is 2.78.